The number of unbranched alkanes of at least 4 members (excludes halogenated alkanes) is 3. The van der Waals surface area contributed by atoms with E-state index in [0.717, 1.165) is 79.9 Å². The Morgan fingerprint density at radius 2 is 1.36 bits per heavy atom. The topological polar surface area (TPSA) is 86.8 Å². The first-order valence-corrected chi connectivity index (χ1v) is 20.3. The van der Waals surface area contributed by atoms with E-state index in [-0.39, 0.29) is 11.8 Å². The van der Waals surface area contributed by atoms with Crippen LogP contribution in [-0.2, 0) is 15.0 Å². The molecule has 1 spiro atoms. The number of nitrogens with zero attached hydrogens (tertiary/aromatic N) is 4. The molecule has 3 aromatic rings. The summed E-state index contributed by atoms with van der Waals surface area (Å²) in [5.74, 6) is 1.72. The summed E-state index contributed by atoms with van der Waals surface area (Å²) < 4.78 is 22.0. The average molecular weight is 766 g/mol. The number of carbonyl (C=O) groups is 2. The van der Waals surface area contributed by atoms with Gasteiger partial charge in [0.15, 0.2) is 0 Å². The molecule has 0 aromatic heterocycles. The maximum absolute atomic E-state index is 14.5. The van der Waals surface area contributed by atoms with E-state index in [9.17, 15) is 9.59 Å². The maximum atomic E-state index is 14.5. The number of fused-ring (bicyclic) bond motifs is 6. The van der Waals surface area contributed by atoms with Gasteiger partial charge in [-0.2, -0.15) is 0 Å². The highest BCUT2D eigenvalue weighted by Gasteiger charge is 2.57. The number of ether oxygens (including phenoxy) is 3. The molecule has 0 aliphatic carbocycles. The molecule has 288 valence electrons. The fourth-order valence-electron chi connectivity index (χ4n) is 7.25. The number of anilines is 2. The zero-order valence-electron chi connectivity index (χ0n) is 32.2. The second-order valence-electron chi connectivity index (χ2n) is 13.4. The van der Waals surface area contributed by atoms with Gasteiger partial charge in [-0.1, -0.05) is 25.0 Å². The SMILES string of the molecule is CCN(CC)c1ccc2c(c1)Oc1cc(N(CC)CC)ccc1C21c2cc(C(=O)NCCOCCOCCCCCCCl)ccc2C(=O)N1SN(C)C. The monoisotopic (exact) mass is 765 g/mol. The number of amides is 2. The van der Waals surface area contributed by atoms with E-state index in [4.69, 9.17) is 25.8 Å². The second-order valence-corrected chi connectivity index (χ2v) is 15.0. The van der Waals surface area contributed by atoms with Gasteiger partial charge in [-0.3, -0.25) is 9.59 Å². The maximum Gasteiger partial charge on any atom is 0.266 e. The molecule has 0 saturated carbocycles. The quantitative estimate of drug-likeness (QED) is 0.0661. The van der Waals surface area contributed by atoms with Crippen molar-refractivity contribution in [1.82, 2.24) is 13.9 Å². The summed E-state index contributed by atoms with van der Waals surface area (Å²) in [6, 6.07) is 18.0. The van der Waals surface area contributed by atoms with Crippen LogP contribution in [0.5, 0.6) is 11.5 Å². The standard InChI is InChI=1S/C41H56ClN5O5S/c1-7-45(8-2)31-16-19-34-37(28-31)52-38-29-32(46(9-3)10-4)17-20-35(38)41(34)36-27-30(15-18-33(36)40(49)47(41)53-44(5)6)39(48)43-22-24-51-26-25-50-23-14-12-11-13-21-42/h15-20,27-29H,7-14,21-26H2,1-6H3,(H,43,48). The molecule has 12 heteroatoms. The van der Waals surface area contributed by atoms with Crippen LogP contribution < -0.4 is 19.9 Å². The number of benzene rings is 3. The fourth-order valence-corrected chi connectivity index (χ4v) is 8.35. The van der Waals surface area contributed by atoms with E-state index in [1.807, 2.05) is 28.8 Å². The van der Waals surface area contributed by atoms with Crippen LogP contribution in [0.4, 0.5) is 11.4 Å². The summed E-state index contributed by atoms with van der Waals surface area (Å²) in [6.45, 7) is 14.4. The fraction of sp³-hybridized carbons (Fsp3) is 0.512. The Bertz CT molecular complexity index is 1640. The Labute approximate surface area is 325 Å². The van der Waals surface area contributed by atoms with E-state index in [1.165, 1.54) is 12.1 Å². The molecule has 2 heterocycles. The molecule has 1 N–H and O–H groups in total. The lowest BCUT2D eigenvalue weighted by atomic mass is 9.75. The van der Waals surface area contributed by atoms with Crippen molar-refractivity contribution in [2.24, 2.45) is 0 Å². The first-order valence-electron chi connectivity index (χ1n) is 19.1. The van der Waals surface area contributed by atoms with E-state index in [2.05, 4.69) is 79.2 Å². The molecule has 2 aliphatic heterocycles. The van der Waals surface area contributed by atoms with Gasteiger partial charge in [0.1, 0.15) is 17.0 Å². The Balaban J connectivity index is 1.47. The molecular weight excluding hydrogens is 710 g/mol. The van der Waals surface area contributed by atoms with Crippen molar-refractivity contribution >= 4 is 46.9 Å². The van der Waals surface area contributed by atoms with E-state index >= 15 is 0 Å². The predicted molar refractivity (Wildman–Crippen MR) is 217 cm³/mol. The lowest BCUT2D eigenvalue weighted by Gasteiger charge is -2.44. The summed E-state index contributed by atoms with van der Waals surface area (Å²) in [6.07, 6.45) is 4.31. The molecule has 0 radical (unpaired) electrons. The highest BCUT2D eigenvalue weighted by molar-refractivity contribution is 7.95. The van der Waals surface area contributed by atoms with E-state index in [0.29, 0.717) is 61.5 Å². The minimum Gasteiger partial charge on any atom is -0.456 e. The normalized spacial score (nSPS) is 13.9. The lowest BCUT2D eigenvalue weighted by Crippen LogP contribution is -2.45. The first kappa shape index (κ1) is 40.7. The summed E-state index contributed by atoms with van der Waals surface area (Å²) in [5.41, 5.74) is 4.49. The van der Waals surface area contributed by atoms with Crippen molar-refractivity contribution in [2.75, 3.05) is 88.9 Å². The Kier molecular flexibility index (Phi) is 14.8. The molecule has 53 heavy (non-hydrogen) atoms. The number of carbonyl (C=O) groups excluding carboxylic acids is 2. The van der Waals surface area contributed by atoms with E-state index < -0.39 is 5.54 Å². The summed E-state index contributed by atoms with van der Waals surface area (Å²) >= 11 is 7.09. The van der Waals surface area contributed by atoms with Crippen LogP contribution in [0, 0.1) is 0 Å². The number of halogens is 1. The number of hydrogen-bond donors (Lipinski definition) is 1. The number of nitrogens with one attached hydrogen (secondary N) is 1. The average Bonchev–Trinajstić information content (AvgIpc) is 3.39. The minimum absolute atomic E-state index is 0.129. The number of rotatable bonds is 21. The number of alkyl halides is 1. The third-order valence-corrected chi connectivity index (χ3v) is 11.1. The van der Waals surface area contributed by atoms with Crippen molar-refractivity contribution in [1.29, 1.82) is 0 Å². The smallest absolute Gasteiger partial charge is 0.266 e. The van der Waals surface area contributed by atoms with Crippen LogP contribution in [0.15, 0.2) is 54.6 Å². The third kappa shape index (κ3) is 8.75. The molecule has 0 atom stereocenters. The van der Waals surface area contributed by atoms with Gasteiger partial charge in [-0.25, -0.2) is 8.61 Å². The molecule has 0 fully saturated rings. The molecule has 0 saturated heterocycles. The van der Waals surface area contributed by atoms with Gasteiger partial charge in [0.25, 0.3) is 11.8 Å². The highest BCUT2D eigenvalue weighted by atomic mass is 35.5. The summed E-state index contributed by atoms with van der Waals surface area (Å²) in [7, 11) is 3.86. The van der Waals surface area contributed by atoms with Crippen molar-refractivity contribution in [3.63, 3.8) is 0 Å². The minimum atomic E-state index is -1.07. The van der Waals surface area contributed by atoms with Crippen molar-refractivity contribution < 1.29 is 23.8 Å². The molecule has 10 nitrogen and oxygen atoms in total. The second kappa shape index (κ2) is 19.2. The van der Waals surface area contributed by atoms with Gasteiger partial charge in [0.05, 0.1) is 19.8 Å². The zero-order chi connectivity index (χ0) is 38.0. The van der Waals surface area contributed by atoms with E-state index in [1.54, 1.807) is 12.1 Å². The van der Waals surface area contributed by atoms with Crippen LogP contribution in [-0.4, -0.2) is 99.6 Å². The van der Waals surface area contributed by atoms with Crippen LogP contribution in [0.2, 0.25) is 0 Å². The van der Waals surface area contributed by atoms with Crippen molar-refractivity contribution in [3.05, 3.63) is 82.4 Å². The predicted octanol–water partition coefficient (Wildman–Crippen LogP) is 7.92. The molecule has 2 amide bonds. The van der Waals surface area contributed by atoms with Gasteiger partial charge in [-0.15, -0.1) is 11.6 Å². The molecule has 2 aliphatic rings. The van der Waals surface area contributed by atoms with Gasteiger partial charge < -0.3 is 29.3 Å². The Hall–Kier alpha value is -3.48. The molecule has 5 rings (SSSR count). The zero-order valence-corrected chi connectivity index (χ0v) is 33.8. The van der Waals surface area contributed by atoms with Crippen LogP contribution >= 0.6 is 23.7 Å². The van der Waals surface area contributed by atoms with Crippen LogP contribution in [0.25, 0.3) is 0 Å². The number of hydrogen-bond acceptors (Lipinski definition) is 9. The summed E-state index contributed by atoms with van der Waals surface area (Å²) in [5, 5.41) is 3.01. The third-order valence-electron chi connectivity index (χ3n) is 9.90. The van der Waals surface area contributed by atoms with Crippen molar-refractivity contribution in [2.45, 2.75) is 58.9 Å². The van der Waals surface area contributed by atoms with Gasteiger partial charge in [-0.05, 0) is 85.0 Å². The Morgan fingerprint density at radius 1 is 0.774 bits per heavy atom. The Morgan fingerprint density at radius 3 is 1.92 bits per heavy atom. The molecule has 0 bridgehead atoms. The van der Waals surface area contributed by atoms with Crippen molar-refractivity contribution in [3.8, 4) is 11.5 Å². The summed E-state index contributed by atoms with van der Waals surface area (Å²) in [4.78, 5) is 32.7. The van der Waals surface area contributed by atoms with Gasteiger partial charge >= 0.3 is 0 Å². The van der Waals surface area contributed by atoms with Crippen LogP contribution in [0.3, 0.4) is 0 Å². The largest absolute Gasteiger partial charge is 0.456 e. The molecular formula is C41H56ClN5O5S. The molecule has 3 aromatic carbocycles. The van der Waals surface area contributed by atoms with Gasteiger partial charge in [0, 0.05) is 109 Å². The molecule has 0 unspecified atom stereocenters. The lowest BCUT2D eigenvalue weighted by molar-refractivity contribution is 0.0468. The van der Waals surface area contributed by atoms with Gasteiger partial charge in [0.2, 0.25) is 0 Å². The van der Waals surface area contributed by atoms with Crippen LogP contribution in [0.1, 0.15) is 90.8 Å². The first-order chi connectivity index (χ1) is 25.7. The highest BCUT2D eigenvalue weighted by Crippen LogP contribution is 2.60.